The standard InChI is InChI=1S/C15H18N2O/c1-4-11(5-2)9-17-13-7-6-10(3)8-12(13)14(16)15(17)18/h4-8,14H,1,9,16H2,2-3H3/b11-5+. The van der Waals surface area contributed by atoms with Crippen LogP contribution in [0.3, 0.4) is 0 Å². The number of amides is 1. The summed E-state index contributed by atoms with van der Waals surface area (Å²) in [6.45, 7) is 8.22. The third kappa shape index (κ3) is 1.97. The van der Waals surface area contributed by atoms with Gasteiger partial charge in [-0.05, 0) is 25.5 Å². The Hall–Kier alpha value is -1.87. The molecule has 3 heteroatoms. The number of hydrogen-bond acceptors (Lipinski definition) is 2. The monoisotopic (exact) mass is 242 g/mol. The molecule has 1 aliphatic heterocycles. The van der Waals surface area contributed by atoms with Gasteiger partial charge >= 0.3 is 0 Å². The number of carbonyl (C=O) groups is 1. The lowest BCUT2D eigenvalue weighted by Gasteiger charge is -2.18. The van der Waals surface area contributed by atoms with Crippen LogP contribution in [0.25, 0.3) is 0 Å². The molecule has 0 radical (unpaired) electrons. The van der Waals surface area contributed by atoms with Gasteiger partial charge in [0, 0.05) is 11.3 Å². The van der Waals surface area contributed by atoms with E-state index in [0.29, 0.717) is 6.54 Å². The van der Waals surface area contributed by atoms with E-state index < -0.39 is 6.04 Å². The van der Waals surface area contributed by atoms with Gasteiger partial charge in [-0.25, -0.2) is 0 Å². The van der Waals surface area contributed by atoms with E-state index in [1.165, 1.54) is 0 Å². The van der Waals surface area contributed by atoms with Crippen LogP contribution in [-0.4, -0.2) is 12.5 Å². The van der Waals surface area contributed by atoms with Gasteiger partial charge in [-0.3, -0.25) is 4.79 Å². The van der Waals surface area contributed by atoms with Crippen molar-refractivity contribution in [1.82, 2.24) is 0 Å². The second kappa shape index (κ2) is 4.78. The number of nitrogens with two attached hydrogens (primary N) is 1. The summed E-state index contributed by atoms with van der Waals surface area (Å²) in [6, 6.07) is 5.41. The number of hydrogen-bond donors (Lipinski definition) is 1. The molecule has 1 heterocycles. The smallest absolute Gasteiger partial charge is 0.248 e. The quantitative estimate of drug-likeness (QED) is 0.828. The van der Waals surface area contributed by atoms with Crippen molar-refractivity contribution in [3.63, 3.8) is 0 Å². The SMILES string of the molecule is C=C/C(=C\C)CN1C(=O)C(N)c2cc(C)ccc21. The molecule has 1 aromatic carbocycles. The van der Waals surface area contributed by atoms with Crippen molar-refractivity contribution in [3.05, 3.63) is 53.6 Å². The topological polar surface area (TPSA) is 46.3 Å². The van der Waals surface area contributed by atoms with Crippen LogP contribution in [0.1, 0.15) is 24.1 Å². The Balaban J connectivity index is 2.40. The maximum atomic E-state index is 12.2. The van der Waals surface area contributed by atoms with Gasteiger partial charge in [0.15, 0.2) is 0 Å². The van der Waals surface area contributed by atoms with Gasteiger partial charge < -0.3 is 10.6 Å². The first-order valence-corrected chi connectivity index (χ1v) is 6.03. The molecule has 1 aliphatic rings. The van der Waals surface area contributed by atoms with E-state index in [0.717, 1.165) is 22.4 Å². The number of aryl methyl sites for hydroxylation is 1. The summed E-state index contributed by atoms with van der Waals surface area (Å²) < 4.78 is 0. The summed E-state index contributed by atoms with van der Waals surface area (Å²) in [5, 5.41) is 0. The highest BCUT2D eigenvalue weighted by Crippen LogP contribution is 2.35. The van der Waals surface area contributed by atoms with Crippen molar-refractivity contribution in [1.29, 1.82) is 0 Å². The number of benzene rings is 1. The van der Waals surface area contributed by atoms with Crippen molar-refractivity contribution >= 4 is 11.6 Å². The normalized spacial score (nSPS) is 19.1. The van der Waals surface area contributed by atoms with Gasteiger partial charge in [-0.1, -0.05) is 36.4 Å². The zero-order chi connectivity index (χ0) is 13.3. The van der Waals surface area contributed by atoms with E-state index in [-0.39, 0.29) is 5.91 Å². The molecule has 18 heavy (non-hydrogen) atoms. The van der Waals surface area contributed by atoms with Crippen LogP contribution in [0.4, 0.5) is 5.69 Å². The second-order valence-electron chi connectivity index (χ2n) is 4.53. The third-order valence-corrected chi connectivity index (χ3v) is 3.31. The van der Waals surface area contributed by atoms with Crippen molar-refractivity contribution in [2.75, 3.05) is 11.4 Å². The van der Waals surface area contributed by atoms with Gasteiger partial charge in [-0.2, -0.15) is 0 Å². The fraction of sp³-hybridized carbons (Fsp3) is 0.267. The van der Waals surface area contributed by atoms with Crippen LogP contribution in [0.2, 0.25) is 0 Å². The molecular formula is C15H18N2O. The summed E-state index contributed by atoms with van der Waals surface area (Å²) in [5.41, 5.74) is 9.94. The van der Waals surface area contributed by atoms with E-state index in [1.54, 1.807) is 11.0 Å². The van der Waals surface area contributed by atoms with Gasteiger partial charge in [0.25, 0.3) is 0 Å². The van der Waals surface area contributed by atoms with E-state index >= 15 is 0 Å². The number of anilines is 1. The summed E-state index contributed by atoms with van der Waals surface area (Å²) in [4.78, 5) is 13.9. The predicted octanol–water partition coefficient (Wildman–Crippen LogP) is 2.47. The first-order chi connectivity index (χ1) is 8.58. The van der Waals surface area contributed by atoms with Crippen molar-refractivity contribution in [3.8, 4) is 0 Å². The second-order valence-corrected chi connectivity index (χ2v) is 4.53. The average Bonchev–Trinajstić information content (AvgIpc) is 2.60. The largest absolute Gasteiger partial charge is 0.316 e. The summed E-state index contributed by atoms with van der Waals surface area (Å²) >= 11 is 0. The lowest BCUT2D eigenvalue weighted by atomic mass is 10.1. The van der Waals surface area contributed by atoms with E-state index in [1.807, 2.05) is 38.1 Å². The Bertz CT molecular complexity index is 531. The Labute approximate surface area is 108 Å². The minimum absolute atomic E-state index is 0.0446. The Morgan fingerprint density at radius 3 is 2.89 bits per heavy atom. The van der Waals surface area contributed by atoms with Crippen molar-refractivity contribution in [2.24, 2.45) is 5.73 Å². The average molecular weight is 242 g/mol. The zero-order valence-electron chi connectivity index (χ0n) is 10.8. The van der Waals surface area contributed by atoms with Crippen LogP contribution in [0.15, 0.2) is 42.5 Å². The first-order valence-electron chi connectivity index (χ1n) is 6.03. The lowest BCUT2D eigenvalue weighted by Crippen LogP contribution is -2.33. The fourth-order valence-corrected chi connectivity index (χ4v) is 2.21. The van der Waals surface area contributed by atoms with Crippen molar-refractivity contribution in [2.45, 2.75) is 19.9 Å². The molecule has 0 fully saturated rings. The molecule has 0 saturated carbocycles. The summed E-state index contributed by atoms with van der Waals surface area (Å²) in [5.74, 6) is -0.0446. The highest BCUT2D eigenvalue weighted by atomic mass is 16.2. The third-order valence-electron chi connectivity index (χ3n) is 3.31. The molecule has 0 spiro atoms. The van der Waals surface area contributed by atoms with Crippen LogP contribution in [0.5, 0.6) is 0 Å². The highest BCUT2D eigenvalue weighted by molar-refractivity contribution is 6.04. The van der Waals surface area contributed by atoms with Crippen LogP contribution in [-0.2, 0) is 4.79 Å². The van der Waals surface area contributed by atoms with E-state index in [4.69, 9.17) is 5.73 Å². The van der Waals surface area contributed by atoms with Crippen LogP contribution >= 0.6 is 0 Å². The molecule has 1 atom stereocenters. The minimum atomic E-state index is -0.539. The van der Waals surface area contributed by atoms with Gasteiger partial charge in [0.1, 0.15) is 6.04 Å². The number of nitrogens with zero attached hydrogens (tertiary/aromatic N) is 1. The zero-order valence-corrected chi connectivity index (χ0v) is 10.8. The molecule has 1 unspecified atom stereocenters. The number of fused-ring (bicyclic) bond motifs is 1. The summed E-state index contributed by atoms with van der Waals surface area (Å²) in [6.07, 6.45) is 3.73. The molecule has 0 bridgehead atoms. The number of carbonyl (C=O) groups excluding carboxylic acids is 1. The van der Waals surface area contributed by atoms with E-state index in [2.05, 4.69) is 6.58 Å². The Morgan fingerprint density at radius 2 is 2.28 bits per heavy atom. The van der Waals surface area contributed by atoms with Gasteiger partial charge in [0.2, 0.25) is 5.91 Å². The Kier molecular flexibility index (Phi) is 3.34. The minimum Gasteiger partial charge on any atom is -0.316 e. The van der Waals surface area contributed by atoms with Gasteiger partial charge in [0.05, 0.1) is 6.54 Å². The van der Waals surface area contributed by atoms with E-state index in [9.17, 15) is 4.79 Å². The van der Waals surface area contributed by atoms with Gasteiger partial charge in [-0.15, -0.1) is 0 Å². The molecular weight excluding hydrogens is 224 g/mol. The maximum absolute atomic E-state index is 12.2. The summed E-state index contributed by atoms with van der Waals surface area (Å²) in [7, 11) is 0. The fourth-order valence-electron chi connectivity index (χ4n) is 2.21. The molecule has 1 amide bonds. The molecule has 2 N–H and O–H groups in total. The lowest BCUT2D eigenvalue weighted by molar-refractivity contribution is -0.119. The number of rotatable bonds is 3. The highest BCUT2D eigenvalue weighted by Gasteiger charge is 2.34. The molecule has 0 aliphatic carbocycles. The van der Waals surface area contributed by atoms with Crippen molar-refractivity contribution < 1.29 is 4.79 Å². The maximum Gasteiger partial charge on any atom is 0.248 e. The predicted molar refractivity (Wildman–Crippen MR) is 74.4 cm³/mol. The molecule has 2 rings (SSSR count). The van der Waals surface area contributed by atoms with Crippen LogP contribution < -0.4 is 10.6 Å². The molecule has 0 saturated heterocycles. The number of allylic oxidation sites excluding steroid dienone is 1. The van der Waals surface area contributed by atoms with Crippen LogP contribution in [0, 0.1) is 6.92 Å². The molecule has 3 nitrogen and oxygen atoms in total. The molecule has 94 valence electrons. The molecule has 0 aromatic heterocycles. The Morgan fingerprint density at radius 1 is 1.56 bits per heavy atom. The molecule has 1 aromatic rings. The first kappa shape index (κ1) is 12.6.